The highest BCUT2D eigenvalue weighted by Gasteiger charge is 2.07. The third-order valence-corrected chi connectivity index (χ3v) is 10.8. The van der Waals surface area contributed by atoms with E-state index in [0.717, 1.165) is 37.1 Å². The standard InChI is InChI=1S/C49H70N2/c1-3-5-22-44-38-48(50)34-32-46(44)36-42-28-24-40(25-29-42)20-18-16-14-12-10-8-7-9-11-13-15-17-19-21-41-26-30-43(31-27-41)37-47-33-35-49(51)39-45(47)23-6-4-2/h24-35,38-39H,3-23,36-37,50-51H2,1-2H3. The number of nitrogen functional groups attached to an aromatic ring is 2. The number of hydrogen-bond donors (Lipinski definition) is 2. The highest BCUT2D eigenvalue weighted by Crippen LogP contribution is 2.23. The van der Waals surface area contributed by atoms with Crippen molar-refractivity contribution in [2.75, 3.05) is 11.5 Å². The van der Waals surface area contributed by atoms with Crippen molar-refractivity contribution >= 4 is 11.4 Å². The summed E-state index contributed by atoms with van der Waals surface area (Å²) in [6, 6.07) is 31.7. The molecule has 2 heteroatoms. The van der Waals surface area contributed by atoms with Crippen molar-refractivity contribution in [3.63, 3.8) is 0 Å². The summed E-state index contributed by atoms with van der Waals surface area (Å²) >= 11 is 0. The third kappa shape index (κ3) is 15.7. The Balaban J connectivity index is 0.957. The van der Waals surface area contributed by atoms with Crippen LogP contribution in [0.3, 0.4) is 0 Å². The summed E-state index contributed by atoms with van der Waals surface area (Å²) < 4.78 is 0. The van der Waals surface area contributed by atoms with Crippen molar-refractivity contribution in [1.82, 2.24) is 0 Å². The molecule has 0 aliphatic carbocycles. The molecule has 0 saturated heterocycles. The summed E-state index contributed by atoms with van der Waals surface area (Å²) in [6.45, 7) is 4.51. The number of benzene rings is 4. The minimum absolute atomic E-state index is 0.883. The van der Waals surface area contributed by atoms with Crippen LogP contribution in [-0.4, -0.2) is 0 Å². The lowest BCUT2D eigenvalue weighted by molar-refractivity contribution is 0.536. The Hall–Kier alpha value is -3.52. The van der Waals surface area contributed by atoms with Gasteiger partial charge in [-0.25, -0.2) is 0 Å². The molecular weight excluding hydrogens is 617 g/mol. The molecule has 0 unspecified atom stereocenters. The Bertz CT molecular complexity index is 1390. The maximum atomic E-state index is 6.08. The van der Waals surface area contributed by atoms with Gasteiger partial charge in [-0.15, -0.1) is 0 Å². The van der Waals surface area contributed by atoms with Gasteiger partial charge in [0.1, 0.15) is 0 Å². The third-order valence-electron chi connectivity index (χ3n) is 10.8. The predicted octanol–water partition coefficient (Wildman–Crippen LogP) is 13.6. The predicted molar refractivity (Wildman–Crippen MR) is 225 cm³/mol. The number of anilines is 2. The fourth-order valence-corrected chi connectivity index (χ4v) is 7.53. The number of aryl methyl sites for hydroxylation is 4. The average molecular weight is 687 g/mol. The summed E-state index contributed by atoms with van der Waals surface area (Å²) in [6.07, 6.45) is 29.6. The molecule has 276 valence electrons. The monoisotopic (exact) mass is 687 g/mol. The fraction of sp³-hybridized carbons (Fsp3) is 0.510. The Labute approximate surface area is 312 Å². The van der Waals surface area contributed by atoms with Crippen molar-refractivity contribution < 1.29 is 0 Å². The zero-order valence-corrected chi connectivity index (χ0v) is 32.5. The zero-order chi connectivity index (χ0) is 35.9. The molecule has 0 atom stereocenters. The minimum Gasteiger partial charge on any atom is -0.399 e. The van der Waals surface area contributed by atoms with E-state index >= 15 is 0 Å². The number of nitrogens with two attached hydrogens (primary N) is 2. The molecule has 4 aromatic rings. The van der Waals surface area contributed by atoms with Crippen molar-refractivity contribution in [2.45, 2.75) is 162 Å². The summed E-state index contributed by atoms with van der Waals surface area (Å²) in [4.78, 5) is 0. The minimum atomic E-state index is 0.883. The lowest BCUT2D eigenvalue weighted by atomic mass is 9.95. The van der Waals surface area contributed by atoms with E-state index < -0.39 is 0 Å². The van der Waals surface area contributed by atoms with E-state index in [1.807, 2.05) is 0 Å². The summed E-state index contributed by atoms with van der Waals surface area (Å²) in [7, 11) is 0. The molecule has 0 radical (unpaired) electrons. The molecule has 51 heavy (non-hydrogen) atoms. The van der Waals surface area contributed by atoms with Gasteiger partial charge >= 0.3 is 0 Å². The Kier molecular flexibility index (Phi) is 18.8. The molecule has 0 amide bonds. The van der Waals surface area contributed by atoms with Crippen LogP contribution in [0.5, 0.6) is 0 Å². The number of unbranched alkanes of at least 4 members (excludes halogenated alkanes) is 14. The van der Waals surface area contributed by atoms with Crippen molar-refractivity contribution in [2.24, 2.45) is 0 Å². The molecule has 0 heterocycles. The van der Waals surface area contributed by atoms with E-state index in [0.29, 0.717) is 0 Å². The highest BCUT2D eigenvalue weighted by molar-refractivity contribution is 5.47. The van der Waals surface area contributed by atoms with Crippen molar-refractivity contribution in [3.05, 3.63) is 129 Å². The van der Waals surface area contributed by atoms with Gasteiger partial charge in [-0.2, -0.15) is 0 Å². The first kappa shape index (κ1) is 40.3. The topological polar surface area (TPSA) is 52.0 Å². The zero-order valence-electron chi connectivity index (χ0n) is 32.5. The smallest absolute Gasteiger partial charge is 0.0316 e. The molecule has 0 fully saturated rings. The molecule has 4 aromatic carbocycles. The Morgan fingerprint density at radius 1 is 0.314 bits per heavy atom. The first-order valence-electron chi connectivity index (χ1n) is 20.9. The van der Waals surface area contributed by atoms with E-state index in [1.165, 1.54) is 167 Å². The number of rotatable bonds is 26. The lowest BCUT2D eigenvalue weighted by Crippen LogP contribution is -1.98. The maximum absolute atomic E-state index is 6.08. The molecular formula is C49H70N2. The first-order valence-corrected chi connectivity index (χ1v) is 20.9. The normalized spacial score (nSPS) is 11.3. The summed E-state index contributed by atoms with van der Waals surface area (Å²) in [5, 5.41) is 0. The molecule has 4 N–H and O–H groups in total. The summed E-state index contributed by atoms with van der Waals surface area (Å²) in [5.41, 5.74) is 25.4. The Morgan fingerprint density at radius 3 is 0.961 bits per heavy atom. The van der Waals surface area contributed by atoms with E-state index in [1.54, 1.807) is 0 Å². The van der Waals surface area contributed by atoms with Gasteiger partial charge in [-0.1, -0.05) is 158 Å². The fourth-order valence-electron chi connectivity index (χ4n) is 7.53. The van der Waals surface area contributed by atoms with Crippen LogP contribution in [0.15, 0.2) is 84.9 Å². The second-order valence-electron chi connectivity index (χ2n) is 15.3. The van der Waals surface area contributed by atoms with Crippen molar-refractivity contribution in [3.8, 4) is 0 Å². The van der Waals surface area contributed by atoms with Gasteiger partial charge in [0.15, 0.2) is 0 Å². The van der Waals surface area contributed by atoms with Crippen LogP contribution in [0.2, 0.25) is 0 Å². The average Bonchev–Trinajstić information content (AvgIpc) is 3.14. The van der Waals surface area contributed by atoms with Gasteiger partial charge in [-0.05, 0) is 133 Å². The second kappa shape index (κ2) is 23.9. The van der Waals surface area contributed by atoms with Crippen LogP contribution >= 0.6 is 0 Å². The molecule has 0 bridgehead atoms. The summed E-state index contributed by atoms with van der Waals surface area (Å²) in [5.74, 6) is 0. The largest absolute Gasteiger partial charge is 0.399 e. The van der Waals surface area contributed by atoms with Crippen LogP contribution < -0.4 is 11.5 Å². The SMILES string of the molecule is CCCCc1cc(N)ccc1Cc1ccc(CCCCCCCCCCCCCCCc2ccc(Cc3ccc(N)cc3CCCC)cc2)cc1. The van der Waals surface area contributed by atoms with Gasteiger partial charge in [0.2, 0.25) is 0 Å². The molecule has 0 spiro atoms. The molecule has 4 rings (SSSR count). The van der Waals surface area contributed by atoms with Crippen molar-refractivity contribution in [1.29, 1.82) is 0 Å². The molecule has 0 aliphatic rings. The van der Waals surface area contributed by atoms with Gasteiger partial charge in [0, 0.05) is 11.4 Å². The molecule has 0 aliphatic heterocycles. The van der Waals surface area contributed by atoms with Crippen LogP contribution in [0.4, 0.5) is 11.4 Å². The Morgan fingerprint density at radius 2 is 0.627 bits per heavy atom. The van der Waals surface area contributed by atoms with Gasteiger partial charge in [-0.3, -0.25) is 0 Å². The number of hydrogen-bond acceptors (Lipinski definition) is 2. The van der Waals surface area contributed by atoms with E-state index in [2.05, 4.69) is 98.8 Å². The van der Waals surface area contributed by atoms with E-state index in [9.17, 15) is 0 Å². The van der Waals surface area contributed by atoms with E-state index in [-0.39, 0.29) is 0 Å². The van der Waals surface area contributed by atoms with E-state index in [4.69, 9.17) is 11.5 Å². The van der Waals surface area contributed by atoms with Gasteiger partial charge in [0.25, 0.3) is 0 Å². The van der Waals surface area contributed by atoms with Gasteiger partial charge in [0.05, 0.1) is 0 Å². The van der Waals surface area contributed by atoms with Crippen LogP contribution in [0.1, 0.15) is 168 Å². The molecule has 2 nitrogen and oxygen atoms in total. The quantitative estimate of drug-likeness (QED) is 0.0510. The lowest BCUT2D eigenvalue weighted by Gasteiger charge is -2.11. The highest BCUT2D eigenvalue weighted by atomic mass is 14.5. The van der Waals surface area contributed by atoms with Gasteiger partial charge < -0.3 is 11.5 Å². The van der Waals surface area contributed by atoms with Crippen LogP contribution in [0, 0.1) is 0 Å². The molecule has 0 aromatic heterocycles. The van der Waals surface area contributed by atoms with Crippen LogP contribution in [-0.2, 0) is 38.5 Å². The first-order chi connectivity index (χ1) is 25.0. The maximum Gasteiger partial charge on any atom is 0.0316 e. The van der Waals surface area contributed by atoms with Crippen LogP contribution in [0.25, 0.3) is 0 Å². The second-order valence-corrected chi connectivity index (χ2v) is 15.3. The molecule has 0 saturated carbocycles.